The summed E-state index contributed by atoms with van der Waals surface area (Å²) in [5, 5.41) is 0. The van der Waals surface area contributed by atoms with Crippen LogP contribution >= 0.6 is 0 Å². The van der Waals surface area contributed by atoms with Gasteiger partial charge in [-0.1, -0.05) is 0 Å². The summed E-state index contributed by atoms with van der Waals surface area (Å²) in [4.78, 5) is 10.8. The Morgan fingerprint density at radius 2 is 2.06 bits per heavy atom. The SMILES string of the molecule is COC(=O)CCCS(=O)(=O)NC1(C)CCC1. The van der Waals surface area contributed by atoms with Crippen molar-refractivity contribution in [3.8, 4) is 0 Å². The molecule has 0 aliphatic heterocycles. The minimum absolute atomic E-state index is 0.0162. The first-order chi connectivity index (χ1) is 7.37. The van der Waals surface area contributed by atoms with Crippen LogP contribution in [-0.2, 0) is 19.6 Å². The van der Waals surface area contributed by atoms with E-state index < -0.39 is 10.0 Å². The summed E-state index contributed by atoms with van der Waals surface area (Å²) in [5.74, 6) is -0.386. The van der Waals surface area contributed by atoms with Crippen molar-refractivity contribution in [2.24, 2.45) is 0 Å². The maximum absolute atomic E-state index is 11.6. The van der Waals surface area contributed by atoms with Gasteiger partial charge in [0.2, 0.25) is 10.0 Å². The first-order valence-corrected chi connectivity index (χ1v) is 7.11. The molecule has 1 fully saturated rings. The molecule has 0 radical (unpaired) electrons. The van der Waals surface area contributed by atoms with Crippen molar-refractivity contribution in [3.63, 3.8) is 0 Å². The fourth-order valence-electron chi connectivity index (χ4n) is 1.74. The molecule has 1 aliphatic rings. The van der Waals surface area contributed by atoms with Gasteiger partial charge in [-0.3, -0.25) is 4.79 Å². The van der Waals surface area contributed by atoms with Gasteiger partial charge in [0.25, 0.3) is 0 Å². The number of hydrogen-bond donors (Lipinski definition) is 1. The summed E-state index contributed by atoms with van der Waals surface area (Å²) in [7, 11) is -1.97. The molecule has 0 amide bonds. The third-order valence-corrected chi connectivity index (χ3v) is 4.51. The zero-order valence-corrected chi connectivity index (χ0v) is 10.6. The summed E-state index contributed by atoms with van der Waals surface area (Å²) in [6.45, 7) is 1.91. The van der Waals surface area contributed by atoms with Crippen LogP contribution < -0.4 is 4.72 Å². The van der Waals surface area contributed by atoms with E-state index in [0.717, 1.165) is 19.3 Å². The summed E-state index contributed by atoms with van der Waals surface area (Å²) < 4.78 is 30.4. The average Bonchev–Trinajstić information content (AvgIpc) is 2.14. The molecule has 16 heavy (non-hydrogen) atoms. The largest absolute Gasteiger partial charge is 0.469 e. The van der Waals surface area contributed by atoms with Gasteiger partial charge in [-0.05, 0) is 32.6 Å². The molecular weight excluding hydrogens is 230 g/mol. The lowest BCUT2D eigenvalue weighted by molar-refractivity contribution is -0.140. The number of nitrogens with one attached hydrogen (secondary N) is 1. The lowest BCUT2D eigenvalue weighted by Gasteiger charge is -2.38. The van der Waals surface area contributed by atoms with Gasteiger partial charge in [0, 0.05) is 12.0 Å². The van der Waals surface area contributed by atoms with Crippen molar-refractivity contribution < 1.29 is 17.9 Å². The van der Waals surface area contributed by atoms with Crippen LogP contribution in [0.5, 0.6) is 0 Å². The number of esters is 1. The van der Waals surface area contributed by atoms with Gasteiger partial charge in [-0.25, -0.2) is 13.1 Å². The number of carbonyl (C=O) groups is 1. The predicted molar refractivity (Wildman–Crippen MR) is 60.4 cm³/mol. The molecule has 5 nitrogen and oxygen atoms in total. The quantitative estimate of drug-likeness (QED) is 0.707. The van der Waals surface area contributed by atoms with Gasteiger partial charge >= 0.3 is 5.97 Å². The molecule has 6 heteroatoms. The number of ether oxygens (including phenoxy) is 1. The van der Waals surface area contributed by atoms with Crippen molar-refractivity contribution >= 4 is 16.0 Å². The topological polar surface area (TPSA) is 72.5 Å². The number of methoxy groups -OCH3 is 1. The van der Waals surface area contributed by atoms with Crippen molar-refractivity contribution in [2.75, 3.05) is 12.9 Å². The summed E-state index contributed by atoms with van der Waals surface area (Å²) >= 11 is 0. The summed E-state index contributed by atoms with van der Waals surface area (Å²) in [6, 6.07) is 0. The second-order valence-electron chi connectivity index (χ2n) is 4.51. The van der Waals surface area contributed by atoms with Crippen LogP contribution in [0.15, 0.2) is 0 Å². The van der Waals surface area contributed by atoms with E-state index in [2.05, 4.69) is 9.46 Å². The highest BCUT2D eigenvalue weighted by Crippen LogP contribution is 2.31. The molecule has 94 valence electrons. The van der Waals surface area contributed by atoms with Crippen molar-refractivity contribution in [3.05, 3.63) is 0 Å². The van der Waals surface area contributed by atoms with Crippen LogP contribution in [0.1, 0.15) is 39.0 Å². The molecular formula is C10H19NO4S. The second-order valence-corrected chi connectivity index (χ2v) is 6.36. The Balaban J connectivity index is 2.31. The Morgan fingerprint density at radius 3 is 2.50 bits per heavy atom. The van der Waals surface area contributed by atoms with Gasteiger partial charge in [-0.2, -0.15) is 0 Å². The van der Waals surface area contributed by atoms with Gasteiger partial charge in [0.15, 0.2) is 0 Å². The van der Waals surface area contributed by atoms with E-state index >= 15 is 0 Å². The second kappa shape index (κ2) is 5.14. The van der Waals surface area contributed by atoms with Crippen LogP contribution in [-0.4, -0.2) is 32.8 Å². The minimum Gasteiger partial charge on any atom is -0.469 e. The molecule has 1 saturated carbocycles. The molecule has 1 N–H and O–H groups in total. The molecule has 0 aromatic carbocycles. The standard InChI is InChI=1S/C10H19NO4S/c1-10(6-4-7-10)11-16(13,14)8-3-5-9(12)15-2/h11H,3-8H2,1-2H3. The number of carbonyl (C=O) groups excluding carboxylic acids is 1. The predicted octanol–water partition coefficient (Wildman–Crippen LogP) is 0.802. The van der Waals surface area contributed by atoms with Gasteiger partial charge < -0.3 is 4.74 Å². The first kappa shape index (κ1) is 13.4. The first-order valence-electron chi connectivity index (χ1n) is 5.45. The molecule has 0 spiro atoms. The zero-order chi connectivity index (χ0) is 12.2. The van der Waals surface area contributed by atoms with Gasteiger partial charge in [0.1, 0.15) is 0 Å². The molecule has 0 aromatic heterocycles. The Morgan fingerprint density at radius 1 is 1.44 bits per heavy atom. The van der Waals surface area contributed by atoms with Crippen molar-refractivity contribution in [1.29, 1.82) is 0 Å². The Hall–Kier alpha value is -0.620. The van der Waals surface area contributed by atoms with E-state index in [1.54, 1.807) is 0 Å². The summed E-state index contributed by atoms with van der Waals surface area (Å²) in [5.41, 5.74) is -0.260. The van der Waals surface area contributed by atoms with Crippen LogP contribution in [0.3, 0.4) is 0 Å². The Bertz CT molecular complexity index is 346. The van der Waals surface area contributed by atoms with Gasteiger partial charge in [-0.15, -0.1) is 0 Å². The Labute approximate surface area is 96.6 Å². The highest BCUT2D eigenvalue weighted by Gasteiger charge is 2.35. The maximum atomic E-state index is 11.6. The maximum Gasteiger partial charge on any atom is 0.305 e. The van der Waals surface area contributed by atoms with E-state index in [1.165, 1.54) is 7.11 Å². The minimum atomic E-state index is -3.26. The average molecular weight is 249 g/mol. The van der Waals surface area contributed by atoms with Gasteiger partial charge in [0.05, 0.1) is 12.9 Å². The van der Waals surface area contributed by atoms with Crippen molar-refractivity contribution in [1.82, 2.24) is 4.72 Å². The fourth-order valence-corrected chi connectivity index (χ4v) is 3.33. The molecule has 0 unspecified atom stereocenters. The van der Waals surface area contributed by atoms with Crippen LogP contribution in [0.25, 0.3) is 0 Å². The third-order valence-electron chi connectivity index (χ3n) is 2.88. The van der Waals surface area contributed by atoms with Crippen LogP contribution in [0, 0.1) is 0 Å². The fraction of sp³-hybridized carbons (Fsp3) is 0.900. The lowest BCUT2D eigenvalue weighted by atomic mass is 9.80. The van der Waals surface area contributed by atoms with E-state index in [0.29, 0.717) is 6.42 Å². The van der Waals surface area contributed by atoms with E-state index in [-0.39, 0.29) is 23.7 Å². The molecule has 0 heterocycles. The normalized spacial score (nSPS) is 18.9. The van der Waals surface area contributed by atoms with Crippen molar-refractivity contribution in [2.45, 2.75) is 44.6 Å². The lowest BCUT2D eigenvalue weighted by Crippen LogP contribution is -2.51. The highest BCUT2D eigenvalue weighted by atomic mass is 32.2. The highest BCUT2D eigenvalue weighted by molar-refractivity contribution is 7.89. The zero-order valence-electron chi connectivity index (χ0n) is 9.78. The summed E-state index contributed by atoms with van der Waals surface area (Å²) in [6.07, 6.45) is 3.31. The smallest absolute Gasteiger partial charge is 0.305 e. The monoisotopic (exact) mass is 249 g/mol. The van der Waals surface area contributed by atoms with E-state index in [4.69, 9.17) is 0 Å². The molecule has 1 rings (SSSR count). The molecule has 0 bridgehead atoms. The number of hydrogen-bond acceptors (Lipinski definition) is 4. The molecule has 0 atom stereocenters. The number of sulfonamides is 1. The van der Waals surface area contributed by atoms with E-state index in [9.17, 15) is 13.2 Å². The van der Waals surface area contributed by atoms with Crippen LogP contribution in [0.2, 0.25) is 0 Å². The van der Waals surface area contributed by atoms with Crippen LogP contribution in [0.4, 0.5) is 0 Å². The number of rotatable bonds is 6. The molecule has 0 saturated heterocycles. The molecule has 0 aromatic rings. The Kier molecular flexibility index (Phi) is 4.32. The third kappa shape index (κ3) is 4.09. The molecule has 1 aliphatic carbocycles. The van der Waals surface area contributed by atoms with E-state index in [1.807, 2.05) is 6.92 Å².